The highest BCUT2D eigenvalue weighted by Gasteiger charge is 2.79. The lowest BCUT2D eigenvalue weighted by molar-refractivity contribution is -0.350. The number of benzene rings is 2. The summed E-state index contributed by atoms with van der Waals surface area (Å²) in [6.45, 7) is 11.2. The zero-order chi connectivity index (χ0) is 52.9. The van der Waals surface area contributed by atoms with Crippen molar-refractivity contribution in [3.05, 3.63) is 83.9 Å². The molecule has 3 aliphatic carbocycles. The summed E-state index contributed by atoms with van der Waals surface area (Å²) in [5.41, 5.74) is -9.14. The third kappa shape index (κ3) is 9.63. The van der Waals surface area contributed by atoms with E-state index >= 15 is 14.4 Å². The molecule has 388 valence electrons. The molecule has 72 heavy (non-hydrogen) atoms. The minimum Gasteiger partial charge on any atom is -0.492 e. The Morgan fingerprint density at radius 1 is 0.875 bits per heavy atom. The van der Waals surface area contributed by atoms with Crippen LogP contribution in [0, 0.1) is 28.6 Å². The monoisotopic (exact) mass is 1000 g/mol. The first-order chi connectivity index (χ1) is 33.7. The Morgan fingerprint density at radius 2 is 1.47 bits per heavy atom. The minimum absolute atomic E-state index is 0.0106. The van der Waals surface area contributed by atoms with Crippen LogP contribution in [0.1, 0.15) is 103 Å². The van der Waals surface area contributed by atoms with Crippen molar-refractivity contribution in [2.24, 2.45) is 28.6 Å². The number of carbonyl (C=O) groups is 8. The lowest BCUT2D eigenvalue weighted by atomic mass is 9.42. The molecule has 2 heterocycles. The van der Waals surface area contributed by atoms with Crippen LogP contribution in [0.25, 0.3) is 0 Å². The van der Waals surface area contributed by atoms with Gasteiger partial charge in [-0.3, -0.25) is 19.2 Å². The van der Waals surface area contributed by atoms with Crippen molar-refractivity contribution in [3.63, 3.8) is 0 Å². The molecule has 5 N–H and O–H groups in total. The van der Waals surface area contributed by atoms with Crippen molar-refractivity contribution in [1.29, 1.82) is 0 Å². The second kappa shape index (κ2) is 19.6. The summed E-state index contributed by atoms with van der Waals surface area (Å²) in [5.74, 6) is -13.4. The molecule has 1 aromatic heterocycles. The third-order valence-electron chi connectivity index (χ3n) is 14.6. The minimum atomic E-state index is -2.51. The normalized spacial score (nSPS) is 30.2. The second-order valence-electron chi connectivity index (χ2n) is 20.7. The van der Waals surface area contributed by atoms with Crippen LogP contribution < -0.4 is 10.2 Å². The quantitative estimate of drug-likeness (QED) is 0.0928. The lowest BCUT2D eigenvalue weighted by Gasteiger charge is -2.67. The van der Waals surface area contributed by atoms with E-state index in [1.807, 2.05) is 0 Å². The highest BCUT2D eigenvalue weighted by Crippen LogP contribution is 2.64. The van der Waals surface area contributed by atoms with Gasteiger partial charge < -0.3 is 59.0 Å². The molecule has 3 unspecified atom stereocenters. The molecule has 0 radical (unpaired) electrons. The number of amides is 1. The molecule has 21 nitrogen and oxygen atoms in total. The summed E-state index contributed by atoms with van der Waals surface area (Å²) in [5, 5.41) is 48.1. The molecule has 1 aliphatic heterocycles. The fourth-order valence-electron chi connectivity index (χ4n) is 11.0. The van der Waals surface area contributed by atoms with Gasteiger partial charge in [-0.1, -0.05) is 69.3 Å². The smallest absolute Gasteiger partial charge is 0.408 e. The van der Waals surface area contributed by atoms with Crippen LogP contribution in [-0.2, 0) is 57.2 Å². The first-order valence-corrected chi connectivity index (χ1v) is 23.5. The Balaban J connectivity index is 1.31. The van der Waals surface area contributed by atoms with Crippen molar-refractivity contribution < 1.29 is 92.0 Å². The highest BCUT2D eigenvalue weighted by atomic mass is 16.7. The van der Waals surface area contributed by atoms with E-state index in [0.29, 0.717) is 4.73 Å². The number of hydrogen-bond acceptors (Lipinski definition) is 19. The zero-order valence-corrected chi connectivity index (χ0v) is 41.0. The fourth-order valence-corrected chi connectivity index (χ4v) is 11.0. The first-order valence-electron chi connectivity index (χ1n) is 23.5. The molecule has 1 amide bonds. The maximum absolute atomic E-state index is 15.2. The maximum Gasteiger partial charge on any atom is 0.408 e. The summed E-state index contributed by atoms with van der Waals surface area (Å²) in [7, 11) is 0. The van der Waals surface area contributed by atoms with E-state index in [1.54, 1.807) is 57.2 Å². The largest absolute Gasteiger partial charge is 0.492 e. The molecule has 0 spiro atoms. The summed E-state index contributed by atoms with van der Waals surface area (Å²) >= 11 is 0. The first kappa shape index (κ1) is 53.0. The van der Waals surface area contributed by atoms with Gasteiger partial charge in [0.1, 0.15) is 35.6 Å². The van der Waals surface area contributed by atoms with Crippen molar-refractivity contribution in [1.82, 2.24) is 10.0 Å². The van der Waals surface area contributed by atoms with Crippen LogP contribution in [0.15, 0.2) is 72.8 Å². The van der Waals surface area contributed by atoms with E-state index in [1.165, 1.54) is 52.0 Å². The van der Waals surface area contributed by atoms with Crippen LogP contribution >= 0.6 is 0 Å². The SMILES string of the molecule is CC(=O)O[C@@]12CO[C@@H]1C[C@H](O)[C@@]1(C)C(=O)C(=O)C3C(C)[C@@H](OC(=O)[C@H](OC(=O)CCC(=O)On4c(O)ccc4O)[C@@H](NC(=O)OC(C)(C)C)c4ccccc4)C[C@@](O)([C@@H](OC(=O)c4ccccc4)C12)C3(C)C. The standard InChI is InChI=1S/C51H60N2O19/c1-26-30(67-45(63)40(38(28-15-11-9-12-16-28)52-46(64)71-47(3,4)5)68-35(58)21-22-36(59)72-53-33(56)19-20-34(53)57)24-51(65)43(69-44(62)29-17-13-10-14-18-29)41-49(8,42(61)39(60)37(26)48(51,6)7)31(55)23-32-50(41,25-66-32)70-27(2)54/h9-20,26,30-32,37-38,40-41,43,55-57,65H,21-25H2,1-8H3,(H,52,64)/t26?,30-,31-,32+,37?,38-,40+,41?,43-,49+,50-,51+/m0/s1. The molecule has 2 bridgehead atoms. The summed E-state index contributed by atoms with van der Waals surface area (Å²) in [6, 6.07) is 15.9. The number of carbonyl (C=O) groups excluding carboxylic acids is 8. The Hall–Kier alpha value is -6.84. The van der Waals surface area contributed by atoms with Gasteiger partial charge in [0.15, 0.2) is 5.60 Å². The van der Waals surface area contributed by atoms with Crippen LogP contribution in [0.2, 0.25) is 0 Å². The van der Waals surface area contributed by atoms with Gasteiger partial charge in [-0.25, -0.2) is 19.2 Å². The number of fused-ring (bicyclic) bond motifs is 5. The molecule has 7 rings (SSSR count). The van der Waals surface area contributed by atoms with Gasteiger partial charge in [-0.2, -0.15) is 0 Å². The summed E-state index contributed by atoms with van der Waals surface area (Å²) in [6.07, 6.45) is -11.9. The van der Waals surface area contributed by atoms with Crippen molar-refractivity contribution in [3.8, 4) is 11.8 Å². The van der Waals surface area contributed by atoms with Gasteiger partial charge in [-0.05, 0) is 45.4 Å². The number of aliphatic hydroxyl groups is 2. The van der Waals surface area contributed by atoms with Crippen LogP contribution in [0.5, 0.6) is 11.8 Å². The summed E-state index contributed by atoms with van der Waals surface area (Å²) in [4.78, 5) is 118. The molecule has 21 heteroatoms. The Morgan fingerprint density at radius 3 is 2.04 bits per heavy atom. The fraction of sp³-hybridized carbons (Fsp3) is 0.529. The summed E-state index contributed by atoms with van der Waals surface area (Å²) < 4.78 is 36.2. The number of rotatable bonds is 13. The van der Waals surface area contributed by atoms with Gasteiger partial charge in [0, 0.05) is 49.1 Å². The van der Waals surface area contributed by atoms with Gasteiger partial charge >= 0.3 is 35.9 Å². The number of alkyl carbamates (subject to hydrolysis) is 1. The molecular formula is C51H60N2O19. The predicted octanol–water partition coefficient (Wildman–Crippen LogP) is 3.60. The van der Waals surface area contributed by atoms with Gasteiger partial charge in [-0.15, -0.1) is 4.73 Å². The van der Waals surface area contributed by atoms with Crippen LogP contribution in [-0.4, -0.2) is 127 Å². The topological polar surface area (TPSA) is 299 Å². The van der Waals surface area contributed by atoms with Crippen molar-refractivity contribution in [2.45, 2.75) is 134 Å². The number of Topliss-reactive ketones (excluding diaryl/α,β-unsaturated/α-hetero) is 2. The average molecular weight is 1010 g/mol. The maximum atomic E-state index is 15.2. The molecule has 12 atom stereocenters. The zero-order valence-electron chi connectivity index (χ0n) is 41.0. The van der Waals surface area contributed by atoms with E-state index in [-0.39, 0.29) is 24.2 Å². The Bertz CT molecular complexity index is 2590. The predicted molar refractivity (Wildman–Crippen MR) is 245 cm³/mol. The molecule has 4 aliphatic rings. The number of ketones is 2. The van der Waals surface area contributed by atoms with Gasteiger partial charge in [0.2, 0.25) is 29.4 Å². The Labute approximate surface area is 413 Å². The van der Waals surface area contributed by atoms with E-state index < -0.39 is 160 Å². The highest BCUT2D eigenvalue weighted by molar-refractivity contribution is 6.40. The van der Waals surface area contributed by atoms with Gasteiger partial charge in [0.05, 0.1) is 42.4 Å². The van der Waals surface area contributed by atoms with Crippen molar-refractivity contribution >= 4 is 47.5 Å². The number of aromatic hydroxyl groups is 2. The van der Waals surface area contributed by atoms with Crippen LogP contribution in [0.3, 0.4) is 0 Å². The number of nitrogens with zero attached hydrogens (tertiary/aromatic N) is 1. The second-order valence-corrected chi connectivity index (χ2v) is 20.7. The number of ether oxygens (including phenoxy) is 6. The molecule has 3 saturated carbocycles. The average Bonchev–Trinajstić information content (AvgIpc) is 3.62. The molecule has 2 aromatic carbocycles. The number of nitrogens with one attached hydrogen (secondary N) is 1. The Kier molecular flexibility index (Phi) is 14.4. The number of esters is 4. The van der Waals surface area contributed by atoms with E-state index in [4.69, 9.17) is 33.3 Å². The van der Waals surface area contributed by atoms with Crippen molar-refractivity contribution in [2.75, 3.05) is 6.61 Å². The third-order valence-corrected chi connectivity index (χ3v) is 14.6. The van der Waals surface area contributed by atoms with Crippen LogP contribution in [0.4, 0.5) is 4.79 Å². The van der Waals surface area contributed by atoms with E-state index in [0.717, 1.165) is 19.1 Å². The number of hydrogen-bond donors (Lipinski definition) is 5. The van der Waals surface area contributed by atoms with E-state index in [2.05, 4.69) is 5.32 Å². The van der Waals surface area contributed by atoms with E-state index in [9.17, 15) is 44.4 Å². The molecule has 4 fully saturated rings. The number of aromatic nitrogens is 1. The van der Waals surface area contributed by atoms with Gasteiger partial charge in [0.25, 0.3) is 0 Å². The lowest BCUT2D eigenvalue weighted by Crippen LogP contribution is -2.82. The molecule has 3 aromatic rings. The number of aliphatic hydroxyl groups excluding tert-OH is 1. The molecular weight excluding hydrogens is 945 g/mol. The molecule has 1 saturated heterocycles.